The third-order valence-corrected chi connectivity index (χ3v) is 1.23. The molecule has 0 aromatic carbocycles. The van der Waals surface area contributed by atoms with Gasteiger partial charge >= 0.3 is 5.97 Å². The summed E-state index contributed by atoms with van der Waals surface area (Å²) in [5.41, 5.74) is 0. The molecule has 1 N–H and O–H groups in total. The van der Waals surface area contributed by atoms with Crippen LogP contribution >= 0.6 is 0 Å². The lowest BCUT2D eigenvalue weighted by atomic mass is 10.5. The Balaban J connectivity index is 2.87. The Hall–Kier alpha value is -0.650. The summed E-state index contributed by atoms with van der Waals surface area (Å²) in [6.45, 7) is 1.78. The van der Waals surface area contributed by atoms with Crippen molar-refractivity contribution in [3.8, 4) is 0 Å². The van der Waals surface area contributed by atoms with Gasteiger partial charge in [0.05, 0.1) is 13.2 Å². The maximum Gasteiger partial charge on any atom is 0.329 e. The topological polar surface area (TPSA) is 65.0 Å². The zero-order valence-corrected chi connectivity index (χ0v) is 7.82. The monoisotopic (exact) mass is 192 g/mol. The lowest BCUT2D eigenvalue weighted by molar-refractivity contribution is -0.142. The van der Waals surface area contributed by atoms with Gasteiger partial charge in [-0.25, -0.2) is 4.79 Å². The van der Waals surface area contributed by atoms with Crippen molar-refractivity contribution in [2.45, 2.75) is 6.42 Å². The zero-order valence-electron chi connectivity index (χ0n) is 7.82. The Labute approximate surface area is 77.6 Å². The third-order valence-electron chi connectivity index (χ3n) is 1.23. The SMILES string of the molecule is COCCCOCCOCC(=O)O. The molecule has 0 rings (SSSR count). The van der Waals surface area contributed by atoms with Crippen LogP contribution in [0.5, 0.6) is 0 Å². The Morgan fingerprint density at radius 3 is 2.46 bits per heavy atom. The molecular weight excluding hydrogens is 176 g/mol. The van der Waals surface area contributed by atoms with E-state index >= 15 is 0 Å². The van der Waals surface area contributed by atoms with E-state index in [1.54, 1.807) is 7.11 Å². The van der Waals surface area contributed by atoms with Crippen LogP contribution in [-0.4, -0.2) is 51.2 Å². The van der Waals surface area contributed by atoms with Gasteiger partial charge in [0.2, 0.25) is 0 Å². The molecule has 0 atom stereocenters. The minimum absolute atomic E-state index is 0.262. The maximum absolute atomic E-state index is 9.99. The van der Waals surface area contributed by atoms with Crippen LogP contribution in [-0.2, 0) is 19.0 Å². The van der Waals surface area contributed by atoms with E-state index in [1.807, 2.05) is 0 Å². The van der Waals surface area contributed by atoms with Gasteiger partial charge in [-0.1, -0.05) is 0 Å². The summed E-state index contributed by atoms with van der Waals surface area (Å²) < 4.78 is 14.7. The van der Waals surface area contributed by atoms with Crippen molar-refractivity contribution >= 4 is 5.97 Å². The second-order valence-electron chi connectivity index (χ2n) is 2.41. The number of hydrogen-bond donors (Lipinski definition) is 1. The molecule has 0 amide bonds. The van der Waals surface area contributed by atoms with Gasteiger partial charge in [0.1, 0.15) is 6.61 Å². The van der Waals surface area contributed by atoms with E-state index in [0.717, 1.165) is 6.42 Å². The molecule has 0 radical (unpaired) electrons. The van der Waals surface area contributed by atoms with E-state index < -0.39 is 5.97 Å². The second kappa shape index (κ2) is 9.44. The van der Waals surface area contributed by atoms with Gasteiger partial charge in [0.15, 0.2) is 0 Å². The van der Waals surface area contributed by atoms with E-state index in [-0.39, 0.29) is 6.61 Å². The Morgan fingerprint density at radius 2 is 1.85 bits per heavy atom. The van der Waals surface area contributed by atoms with E-state index in [2.05, 4.69) is 0 Å². The maximum atomic E-state index is 9.99. The average Bonchev–Trinajstić information content (AvgIpc) is 2.09. The quantitative estimate of drug-likeness (QED) is 0.526. The molecule has 13 heavy (non-hydrogen) atoms. The molecule has 0 unspecified atom stereocenters. The molecule has 0 aliphatic rings. The highest BCUT2D eigenvalue weighted by Crippen LogP contribution is 1.84. The highest BCUT2D eigenvalue weighted by molar-refractivity contribution is 5.67. The van der Waals surface area contributed by atoms with E-state index in [0.29, 0.717) is 26.4 Å². The molecule has 0 aromatic rings. The van der Waals surface area contributed by atoms with E-state index in [1.165, 1.54) is 0 Å². The molecule has 0 aliphatic carbocycles. The largest absolute Gasteiger partial charge is 0.480 e. The van der Waals surface area contributed by atoms with E-state index in [4.69, 9.17) is 19.3 Å². The molecule has 5 heteroatoms. The number of carboxylic acids is 1. The summed E-state index contributed by atoms with van der Waals surface area (Å²) >= 11 is 0. The van der Waals surface area contributed by atoms with Crippen LogP contribution in [0.4, 0.5) is 0 Å². The molecule has 0 fully saturated rings. The highest BCUT2D eigenvalue weighted by atomic mass is 16.5. The molecule has 0 saturated heterocycles. The van der Waals surface area contributed by atoms with Crippen molar-refractivity contribution in [1.82, 2.24) is 0 Å². The first-order chi connectivity index (χ1) is 6.27. The van der Waals surface area contributed by atoms with E-state index in [9.17, 15) is 4.79 Å². The Bertz CT molecular complexity index is 126. The number of hydrogen-bond acceptors (Lipinski definition) is 4. The summed E-state index contributed by atoms with van der Waals surface area (Å²) in [6, 6.07) is 0. The van der Waals surface area contributed by atoms with Crippen molar-refractivity contribution in [3.63, 3.8) is 0 Å². The van der Waals surface area contributed by atoms with Crippen LogP contribution in [0.1, 0.15) is 6.42 Å². The normalized spacial score (nSPS) is 10.2. The number of rotatable bonds is 9. The fourth-order valence-electron chi connectivity index (χ4n) is 0.685. The minimum atomic E-state index is -0.959. The van der Waals surface area contributed by atoms with Crippen LogP contribution in [0.3, 0.4) is 0 Å². The predicted molar refractivity (Wildman–Crippen MR) is 45.8 cm³/mol. The standard InChI is InChI=1S/C8H16O5/c1-11-3-2-4-12-5-6-13-7-8(9)10/h2-7H2,1H3,(H,9,10). The van der Waals surface area contributed by atoms with Gasteiger partial charge in [0.25, 0.3) is 0 Å². The van der Waals surface area contributed by atoms with Crippen molar-refractivity contribution in [2.24, 2.45) is 0 Å². The predicted octanol–water partition coefficient (Wildman–Crippen LogP) is 0.141. The van der Waals surface area contributed by atoms with Gasteiger partial charge in [-0.3, -0.25) is 0 Å². The van der Waals surface area contributed by atoms with Crippen molar-refractivity contribution < 1.29 is 24.1 Å². The number of carboxylic acid groups (broad SMARTS) is 1. The Morgan fingerprint density at radius 1 is 1.15 bits per heavy atom. The number of carbonyl (C=O) groups is 1. The first-order valence-electron chi connectivity index (χ1n) is 4.13. The number of methoxy groups -OCH3 is 1. The van der Waals surface area contributed by atoms with Crippen LogP contribution in [0, 0.1) is 0 Å². The van der Waals surface area contributed by atoms with Gasteiger partial charge in [0, 0.05) is 20.3 Å². The molecule has 0 bridgehead atoms. The van der Waals surface area contributed by atoms with Crippen LogP contribution in [0.2, 0.25) is 0 Å². The lowest BCUT2D eigenvalue weighted by Gasteiger charge is -2.03. The Kier molecular flexibility index (Phi) is 8.97. The molecule has 0 aliphatic heterocycles. The van der Waals surface area contributed by atoms with Crippen molar-refractivity contribution in [3.05, 3.63) is 0 Å². The molecule has 0 aromatic heterocycles. The summed E-state index contributed by atoms with van der Waals surface area (Å²) in [7, 11) is 1.63. The summed E-state index contributed by atoms with van der Waals surface area (Å²) in [4.78, 5) is 9.99. The molecule has 5 nitrogen and oxygen atoms in total. The summed E-state index contributed by atoms with van der Waals surface area (Å²) in [6.07, 6.45) is 0.843. The third kappa shape index (κ3) is 11.3. The second-order valence-corrected chi connectivity index (χ2v) is 2.41. The molecule has 0 heterocycles. The van der Waals surface area contributed by atoms with Crippen molar-refractivity contribution in [1.29, 1.82) is 0 Å². The molecule has 0 spiro atoms. The molecular formula is C8H16O5. The fourth-order valence-corrected chi connectivity index (χ4v) is 0.685. The minimum Gasteiger partial charge on any atom is -0.480 e. The van der Waals surface area contributed by atoms with Crippen LogP contribution < -0.4 is 0 Å². The van der Waals surface area contributed by atoms with Gasteiger partial charge in [-0.15, -0.1) is 0 Å². The summed E-state index contributed by atoms with van der Waals surface area (Å²) in [5.74, 6) is -0.959. The number of aliphatic carboxylic acids is 1. The zero-order chi connectivity index (χ0) is 9.94. The first-order valence-corrected chi connectivity index (χ1v) is 4.13. The average molecular weight is 192 g/mol. The fraction of sp³-hybridized carbons (Fsp3) is 0.875. The summed E-state index contributed by atoms with van der Waals surface area (Å²) in [5, 5.41) is 8.20. The van der Waals surface area contributed by atoms with Crippen molar-refractivity contribution in [2.75, 3.05) is 40.1 Å². The molecule has 0 saturated carbocycles. The highest BCUT2D eigenvalue weighted by Gasteiger charge is 1.95. The van der Waals surface area contributed by atoms with Crippen LogP contribution in [0.15, 0.2) is 0 Å². The number of ether oxygens (including phenoxy) is 3. The van der Waals surface area contributed by atoms with Gasteiger partial charge in [-0.05, 0) is 6.42 Å². The van der Waals surface area contributed by atoms with Crippen LogP contribution in [0.25, 0.3) is 0 Å². The first kappa shape index (κ1) is 12.3. The lowest BCUT2D eigenvalue weighted by Crippen LogP contribution is -2.12. The van der Waals surface area contributed by atoms with Gasteiger partial charge in [-0.2, -0.15) is 0 Å². The van der Waals surface area contributed by atoms with Gasteiger partial charge < -0.3 is 19.3 Å². The molecule has 78 valence electrons. The smallest absolute Gasteiger partial charge is 0.329 e.